The minimum atomic E-state index is -0.874. The second-order valence-corrected chi connectivity index (χ2v) is 4.82. The number of carboxylic acid groups (broad SMARTS) is 1. The summed E-state index contributed by atoms with van der Waals surface area (Å²) < 4.78 is 1.61. The van der Waals surface area contributed by atoms with Gasteiger partial charge >= 0.3 is 12.0 Å². The zero-order valence-corrected chi connectivity index (χ0v) is 11.1. The molecule has 0 unspecified atom stereocenters. The SMILES string of the molecule is CC(C)(CCC(=O)O)NC(=O)NCCn1ccnn1. The Morgan fingerprint density at radius 1 is 1.42 bits per heavy atom. The van der Waals surface area contributed by atoms with Crippen molar-refractivity contribution in [1.29, 1.82) is 0 Å². The lowest BCUT2D eigenvalue weighted by Gasteiger charge is -2.25. The number of hydrogen-bond donors (Lipinski definition) is 3. The van der Waals surface area contributed by atoms with E-state index < -0.39 is 11.5 Å². The third-order valence-electron chi connectivity index (χ3n) is 2.51. The molecular weight excluding hydrogens is 250 g/mol. The van der Waals surface area contributed by atoms with Gasteiger partial charge in [-0.3, -0.25) is 9.48 Å². The monoisotopic (exact) mass is 269 g/mol. The summed E-state index contributed by atoms with van der Waals surface area (Å²) in [5, 5.41) is 21.4. The van der Waals surface area contributed by atoms with Crippen LogP contribution < -0.4 is 10.6 Å². The molecule has 0 aliphatic heterocycles. The second kappa shape index (κ2) is 6.72. The summed E-state index contributed by atoms with van der Waals surface area (Å²) in [5.74, 6) is -0.874. The van der Waals surface area contributed by atoms with Crippen LogP contribution in [0, 0.1) is 0 Å². The van der Waals surface area contributed by atoms with Crippen LogP contribution in [0.5, 0.6) is 0 Å². The first-order valence-corrected chi connectivity index (χ1v) is 6.01. The maximum Gasteiger partial charge on any atom is 0.315 e. The Morgan fingerprint density at radius 3 is 2.74 bits per heavy atom. The molecule has 0 spiro atoms. The van der Waals surface area contributed by atoms with Crippen LogP contribution in [0.2, 0.25) is 0 Å². The van der Waals surface area contributed by atoms with Gasteiger partial charge in [0.15, 0.2) is 0 Å². The van der Waals surface area contributed by atoms with Gasteiger partial charge < -0.3 is 15.7 Å². The molecule has 1 aromatic rings. The third-order valence-corrected chi connectivity index (χ3v) is 2.51. The van der Waals surface area contributed by atoms with Gasteiger partial charge in [0.25, 0.3) is 0 Å². The van der Waals surface area contributed by atoms with E-state index in [1.54, 1.807) is 30.9 Å². The van der Waals surface area contributed by atoms with Gasteiger partial charge in [0.05, 0.1) is 12.7 Å². The fourth-order valence-electron chi connectivity index (χ4n) is 1.47. The first kappa shape index (κ1) is 14.9. The van der Waals surface area contributed by atoms with Crippen LogP contribution in [0.3, 0.4) is 0 Å². The van der Waals surface area contributed by atoms with Gasteiger partial charge in [0, 0.05) is 24.7 Å². The van der Waals surface area contributed by atoms with Gasteiger partial charge in [0.1, 0.15) is 0 Å². The summed E-state index contributed by atoms with van der Waals surface area (Å²) in [6, 6.07) is -0.324. The highest BCUT2D eigenvalue weighted by atomic mass is 16.4. The molecule has 0 bridgehead atoms. The minimum absolute atomic E-state index is 0.0201. The predicted molar refractivity (Wildman–Crippen MR) is 67.5 cm³/mol. The fourth-order valence-corrected chi connectivity index (χ4v) is 1.47. The van der Waals surface area contributed by atoms with Gasteiger partial charge in [0.2, 0.25) is 0 Å². The summed E-state index contributed by atoms with van der Waals surface area (Å²) in [4.78, 5) is 22.1. The molecular formula is C11H19N5O3. The predicted octanol–water partition coefficient (Wildman–Crippen LogP) is 0.221. The highest BCUT2D eigenvalue weighted by Gasteiger charge is 2.21. The van der Waals surface area contributed by atoms with Crippen LogP contribution in [0.25, 0.3) is 0 Å². The maximum atomic E-state index is 11.6. The van der Waals surface area contributed by atoms with Crippen LogP contribution in [-0.2, 0) is 11.3 Å². The average molecular weight is 269 g/mol. The highest BCUT2D eigenvalue weighted by Crippen LogP contribution is 2.10. The Bertz CT molecular complexity index is 416. The molecule has 8 heteroatoms. The molecule has 3 N–H and O–H groups in total. The quantitative estimate of drug-likeness (QED) is 0.656. The van der Waals surface area contributed by atoms with E-state index in [-0.39, 0.29) is 12.5 Å². The molecule has 1 rings (SSSR count). The first-order valence-electron chi connectivity index (χ1n) is 6.01. The normalized spacial score (nSPS) is 11.1. The van der Waals surface area contributed by atoms with E-state index in [1.165, 1.54) is 0 Å². The number of carbonyl (C=O) groups excluding carboxylic acids is 1. The highest BCUT2D eigenvalue weighted by molar-refractivity contribution is 5.74. The van der Waals surface area contributed by atoms with Gasteiger partial charge in [-0.15, -0.1) is 5.10 Å². The van der Waals surface area contributed by atoms with Crippen molar-refractivity contribution in [3.8, 4) is 0 Å². The summed E-state index contributed by atoms with van der Waals surface area (Å²) in [6.45, 7) is 4.52. The molecule has 0 aliphatic carbocycles. The second-order valence-electron chi connectivity index (χ2n) is 4.82. The van der Waals surface area contributed by atoms with Crippen LogP contribution in [-0.4, -0.2) is 44.2 Å². The van der Waals surface area contributed by atoms with Crippen molar-refractivity contribution in [3.05, 3.63) is 12.4 Å². The standard InChI is InChI=1S/C11H19N5O3/c1-11(2,4-3-9(17)18)14-10(19)12-5-7-16-8-6-13-15-16/h6,8H,3-5,7H2,1-2H3,(H,17,18)(H2,12,14,19). The number of nitrogens with zero attached hydrogens (tertiary/aromatic N) is 3. The maximum absolute atomic E-state index is 11.6. The number of urea groups is 1. The van der Waals surface area contributed by atoms with Crippen LogP contribution in [0.4, 0.5) is 4.79 Å². The van der Waals surface area contributed by atoms with Gasteiger partial charge in [-0.25, -0.2) is 4.79 Å². The Hall–Kier alpha value is -2.12. The Morgan fingerprint density at radius 2 is 2.16 bits per heavy atom. The Labute approximate surface area is 111 Å². The fraction of sp³-hybridized carbons (Fsp3) is 0.636. The van der Waals surface area contributed by atoms with Crippen LogP contribution in [0.1, 0.15) is 26.7 Å². The molecule has 1 heterocycles. The zero-order valence-electron chi connectivity index (χ0n) is 11.1. The molecule has 0 fully saturated rings. The van der Waals surface area contributed by atoms with Gasteiger partial charge in [-0.2, -0.15) is 0 Å². The molecule has 1 aromatic heterocycles. The summed E-state index contributed by atoms with van der Waals surface area (Å²) in [7, 11) is 0. The average Bonchev–Trinajstić information content (AvgIpc) is 2.79. The van der Waals surface area contributed by atoms with E-state index in [0.29, 0.717) is 19.5 Å². The lowest BCUT2D eigenvalue weighted by atomic mass is 9.99. The van der Waals surface area contributed by atoms with Crippen LogP contribution >= 0.6 is 0 Å². The van der Waals surface area contributed by atoms with E-state index in [2.05, 4.69) is 20.9 Å². The van der Waals surface area contributed by atoms with E-state index in [9.17, 15) is 9.59 Å². The van der Waals surface area contributed by atoms with Crippen molar-refractivity contribution in [2.75, 3.05) is 6.54 Å². The summed E-state index contributed by atoms with van der Waals surface area (Å²) in [5.41, 5.74) is -0.560. The largest absolute Gasteiger partial charge is 0.481 e. The smallest absolute Gasteiger partial charge is 0.315 e. The Kier molecular flexibility index (Phi) is 5.28. The van der Waals surface area contributed by atoms with Crippen molar-refractivity contribution in [2.45, 2.75) is 38.8 Å². The number of carboxylic acids is 1. The van der Waals surface area contributed by atoms with E-state index in [0.717, 1.165) is 0 Å². The van der Waals surface area contributed by atoms with Crippen molar-refractivity contribution >= 4 is 12.0 Å². The number of carbonyl (C=O) groups is 2. The number of nitrogens with one attached hydrogen (secondary N) is 2. The molecule has 106 valence electrons. The molecule has 0 saturated carbocycles. The van der Waals surface area contributed by atoms with Crippen molar-refractivity contribution < 1.29 is 14.7 Å². The molecule has 0 atom stereocenters. The van der Waals surface area contributed by atoms with Gasteiger partial charge in [-0.1, -0.05) is 5.21 Å². The topological polar surface area (TPSA) is 109 Å². The van der Waals surface area contributed by atoms with Crippen molar-refractivity contribution in [2.24, 2.45) is 0 Å². The third kappa shape index (κ3) is 6.39. The summed E-state index contributed by atoms with van der Waals surface area (Å²) in [6.07, 6.45) is 3.66. The molecule has 0 radical (unpaired) electrons. The minimum Gasteiger partial charge on any atom is -0.481 e. The van der Waals surface area contributed by atoms with Crippen LogP contribution in [0.15, 0.2) is 12.4 Å². The zero-order chi connectivity index (χ0) is 14.3. The number of rotatable bonds is 7. The number of amides is 2. The number of aromatic nitrogens is 3. The van der Waals surface area contributed by atoms with E-state index in [4.69, 9.17) is 5.11 Å². The molecule has 8 nitrogen and oxygen atoms in total. The molecule has 0 saturated heterocycles. The number of hydrogen-bond acceptors (Lipinski definition) is 4. The van der Waals surface area contributed by atoms with E-state index >= 15 is 0 Å². The summed E-state index contributed by atoms with van der Waals surface area (Å²) >= 11 is 0. The molecule has 0 aromatic carbocycles. The van der Waals surface area contributed by atoms with E-state index in [1.807, 2.05) is 0 Å². The number of aliphatic carboxylic acids is 1. The van der Waals surface area contributed by atoms with Crippen molar-refractivity contribution in [3.63, 3.8) is 0 Å². The first-order chi connectivity index (χ1) is 8.89. The molecule has 0 aliphatic rings. The van der Waals surface area contributed by atoms with Crippen molar-refractivity contribution in [1.82, 2.24) is 25.6 Å². The Balaban J connectivity index is 2.24. The molecule has 19 heavy (non-hydrogen) atoms. The lowest BCUT2D eigenvalue weighted by molar-refractivity contribution is -0.137. The molecule has 2 amide bonds. The van der Waals surface area contributed by atoms with Gasteiger partial charge in [-0.05, 0) is 20.3 Å². The lowest BCUT2D eigenvalue weighted by Crippen LogP contribution is -2.49.